The standard InChI is InChI=1S/C11H21NO/c1-11(2)10(13-8-7-12-11)9-5-3-4-6-9/h9-10,12H,3-8H2,1-2H3/t10-/m0/s1. The Bertz CT molecular complexity index is 173. The molecule has 0 aromatic carbocycles. The van der Waals surface area contributed by atoms with Gasteiger partial charge in [0.15, 0.2) is 0 Å². The van der Waals surface area contributed by atoms with Gasteiger partial charge in [-0.3, -0.25) is 0 Å². The lowest BCUT2D eigenvalue weighted by atomic mass is 9.85. The Morgan fingerprint density at radius 1 is 1.23 bits per heavy atom. The highest BCUT2D eigenvalue weighted by atomic mass is 16.5. The highest BCUT2D eigenvalue weighted by molar-refractivity contribution is 4.95. The minimum atomic E-state index is 0.188. The molecule has 1 heterocycles. The summed E-state index contributed by atoms with van der Waals surface area (Å²) in [5.41, 5.74) is 0.188. The summed E-state index contributed by atoms with van der Waals surface area (Å²) < 4.78 is 5.91. The third kappa shape index (κ3) is 1.89. The van der Waals surface area contributed by atoms with E-state index in [-0.39, 0.29) is 5.54 Å². The fourth-order valence-corrected chi connectivity index (χ4v) is 2.85. The molecule has 2 aliphatic rings. The number of ether oxygens (including phenoxy) is 1. The van der Waals surface area contributed by atoms with Gasteiger partial charge < -0.3 is 10.1 Å². The van der Waals surface area contributed by atoms with Crippen molar-refractivity contribution in [2.24, 2.45) is 5.92 Å². The van der Waals surface area contributed by atoms with Crippen LogP contribution < -0.4 is 5.32 Å². The summed E-state index contributed by atoms with van der Waals surface area (Å²) in [6, 6.07) is 0. The Balaban J connectivity index is 2.02. The molecule has 2 nitrogen and oxygen atoms in total. The first-order chi connectivity index (χ1) is 6.20. The van der Waals surface area contributed by atoms with E-state index >= 15 is 0 Å². The Morgan fingerprint density at radius 2 is 1.92 bits per heavy atom. The Hall–Kier alpha value is -0.0800. The van der Waals surface area contributed by atoms with Crippen LogP contribution in [0.15, 0.2) is 0 Å². The molecule has 1 N–H and O–H groups in total. The molecule has 0 bridgehead atoms. The number of hydrogen-bond acceptors (Lipinski definition) is 2. The molecule has 2 rings (SSSR count). The molecule has 0 radical (unpaired) electrons. The lowest BCUT2D eigenvalue weighted by Crippen LogP contribution is -2.58. The number of hydrogen-bond donors (Lipinski definition) is 1. The molecule has 1 aliphatic heterocycles. The summed E-state index contributed by atoms with van der Waals surface area (Å²) in [6.07, 6.45) is 6.00. The average molecular weight is 183 g/mol. The Labute approximate surface area is 81.0 Å². The Morgan fingerprint density at radius 3 is 2.54 bits per heavy atom. The lowest BCUT2D eigenvalue weighted by Gasteiger charge is -2.42. The zero-order valence-corrected chi connectivity index (χ0v) is 8.81. The maximum Gasteiger partial charge on any atom is 0.0779 e. The van der Waals surface area contributed by atoms with Crippen LogP contribution in [0.25, 0.3) is 0 Å². The quantitative estimate of drug-likeness (QED) is 0.671. The zero-order valence-electron chi connectivity index (χ0n) is 8.81. The molecular formula is C11H21NO. The van der Waals surface area contributed by atoms with Gasteiger partial charge in [0, 0.05) is 12.1 Å². The molecule has 1 aliphatic carbocycles. The number of nitrogens with one attached hydrogen (secondary N) is 1. The van der Waals surface area contributed by atoms with Crippen molar-refractivity contribution >= 4 is 0 Å². The molecule has 2 fully saturated rings. The molecule has 13 heavy (non-hydrogen) atoms. The highest BCUT2D eigenvalue weighted by Gasteiger charge is 2.39. The second kappa shape index (κ2) is 3.58. The summed E-state index contributed by atoms with van der Waals surface area (Å²) in [5.74, 6) is 0.808. The third-order valence-corrected chi connectivity index (χ3v) is 3.52. The van der Waals surface area contributed by atoms with E-state index in [1.807, 2.05) is 0 Å². The molecule has 76 valence electrons. The second-order valence-electron chi connectivity index (χ2n) is 4.98. The maximum atomic E-state index is 5.91. The van der Waals surface area contributed by atoms with Gasteiger partial charge >= 0.3 is 0 Å². The van der Waals surface area contributed by atoms with Gasteiger partial charge in [-0.15, -0.1) is 0 Å². The van der Waals surface area contributed by atoms with E-state index in [9.17, 15) is 0 Å². The van der Waals surface area contributed by atoms with Crippen LogP contribution in [-0.4, -0.2) is 24.8 Å². The van der Waals surface area contributed by atoms with Gasteiger partial charge in [-0.25, -0.2) is 0 Å². The van der Waals surface area contributed by atoms with E-state index in [0.29, 0.717) is 6.10 Å². The van der Waals surface area contributed by atoms with E-state index in [2.05, 4.69) is 19.2 Å². The van der Waals surface area contributed by atoms with Gasteiger partial charge in [0.25, 0.3) is 0 Å². The van der Waals surface area contributed by atoms with E-state index in [1.54, 1.807) is 0 Å². The Kier molecular flexibility index (Phi) is 2.61. The van der Waals surface area contributed by atoms with Crippen molar-refractivity contribution in [1.82, 2.24) is 5.32 Å². The van der Waals surface area contributed by atoms with E-state index in [4.69, 9.17) is 4.74 Å². The van der Waals surface area contributed by atoms with E-state index in [0.717, 1.165) is 19.1 Å². The van der Waals surface area contributed by atoms with Crippen molar-refractivity contribution in [2.75, 3.05) is 13.2 Å². The molecular weight excluding hydrogens is 162 g/mol. The van der Waals surface area contributed by atoms with Crippen LogP contribution in [-0.2, 0) is 4.74 Å². The van der Waals surface area contributed by atoms with Crippen molar-refractivity contribution in [3.8, 4) is 0 Å². The van der Waals surface area contributed by atoms with Gasteiger partial charge in [-0.2, -0.15) is 0 Å². The maximum absolute atomic E-state index is 5.91. The summed E-state index contributed by atoms with van der Waals surface area (Å²) in [7, 11) is 0. The molecule has 0 amide bonds. The molecule has 1 saturated heterocycles. The number of morpholine rings is 1. The second-order valence-corrected chi connectivity index (χ2v) is 4.98. The molecule has 0 spiro atoms. The largest absolute Gasteiger partial charge is 0.375 e. The van der Waals surface area contributed by atoms with Crippen LogP contribution >= 0.6 is 0 Å². The fourth-order valence-electron chi connectivity index (χ4n) is 2.85. The van der Waals surface area contributed by atoms with E-state index in [1.165, 1.54) is 25.7 Å². The normalized spacial score (nSPS) is 35.1. The zero-order chi connectivity index (χ0) is 9.31. The summed E-state index contributed by atoms with van der Waals surface area (Å²) in [6.45, 7) is 6.45. The summed E-state index contributed by atoms with van der Waals surface area (Å²) in [4.78, 5) is 0. The van der Waals surface area contributed by atoms with Crippen LogP contribution in [0.3, 0.4) is 0 Å². The van der Waals surface area contributed by atoms with Crippen LogP contribution in [0.5, 0.6) is 0 Å². The molecule has 0 aromatic heterocycles. The molecule has 1 saturated carbocycles. The van der Waals surface area contributed by atoms with Crippen molar-refractivity contribution in [2.45, 2.75) is 51.2 Å². The van der Waals surface area contributed by atoms with Gasteiger partial charge in [0.1, 0.15) is 0 Å². The highest BCUT2D eigenvalue weighted by Crippen LogP contribution is 2.35. The van der Waals surface area contributed by atoms with Gasteiger partial charge in [0.05, 0.1) is 12.7 Å². The predicted molar refractivity (Wildman–Crippen MR) is 53.8 cm³/mol. The van der Waals surface area contributed by atoms with Crippen LogP contribution in [0.2, 0.25) is 0 Å². The van der Waals surface area contributed by atoms with Crippen molar-refractivity contribution in [3.63, 3.8) is 0 Å². The SMILES string of the molecule is CC1(C)NCCO[C@H]1C1CCCC1. The average Bonchev–Trinajstić information content (AvgIpc) is 2.55. The van der Waals surface area contributed by atoms with Crippen molar-refractivity contribution in [3.05, 3.63) is 0 Å². The fraction of sp³-hybridized carbons (Fsp3) is 1.00. The lowest BCUT2D eigenvalue weighted by molar-refractivity contribution is -0.0683. The minimum Gasteiger partial charge on any atom is -0.375 e. The molecule has 0 aromatic rings. The smallest absolute Gasteiger partial charge is 0.0779 e. The summed E-state index contributed by atoms with van der Waals surface area (Å²) >= 11 is 0. The first-order valence-corrected chi connectivity index (χ1v) is 5.57. The van der Waals surface area contributed by atoms with E-state index < -0.39 is 0 Å². The summed E-state index contributed by atoms with van der Waals surface area (Å²) in [5, 5.41) is 3.56. The predicted octanol–water partition coefficient (Wildman–Crippen LogP) is 1.94. The molecule has 1 atom stereocenters. The van der Waals surface area contributed by atoms with Crippen LogP contribution in [0.1, 0.15) is 39.5 Å². The monoisotopic (exact) mass is 183 g/mol. The number of rotatable bonds is 1. The van der Waals surface area contributed by atoms with Gasteiger partial charge in [0.2, 0.25) is 0 Å². The van der Waals surface area contributed by atoms with Crippen molar-refractivity contribution in [1.29, 1.82) is 0 Å². The first kappa shape index (κ1) is 9.47. The molecule has 2 heteroatoms. The van der Waals surface area contributed by atoms with Crippen LogP contribution in [0.4, 0.5) is 0 Å². The van der Waals surface area contributed by atoms with Crippen molar-refractivity contribution < 1.29 is 4.74 Å². The van der Waals surface area contributed by atoms with Gasteiger partial charge in [-0.1, -0.05) is 12.8 Å². The molecule has 0 unspecified atom stereocenters. The third-order valence-electron chi connectivity index (χ3n) is 3.52. The van der Waals surface area contributed by atoms with Gasteiger partial charge in [-0.05, 0) is 32.6 Å². The topological polar surface area (TPSA) is 21.3 Å². The minimum absolute atomic E-state index is 0.188. The first-order valence-electron chi connectivity index (χ1n) is 5.57. The van der Waals surface area contributed by atoms with Crippen LogP contribution in [0, 0.1) is 5.92 Å².